The first-order valence-electron chi connectivity index (χ1n) is 6.78. The van der Waals surface area contributed by atoms with E-state index in [0.717, 1.165) is 34.4 Å². The molecule has 0 radical (unpaired) electrons. The van der Waals surface area contributed by atoms with Crippen LogP contribution in [0.3, 0.4) is 0 Å². The van der Waals surface area contributed by atoms with Crippen molar-refractivity contribution in [3.05, 3.63) is 40.7 Å². The van der Waals surface area contributed by atoms with Gasteiger partial charge in [0.05, 0.1) is 17.9 Å². The molecule has 0 unspecified atom stereocenters. The van der Waals surface area contributed by atoms with Gasteiger partial charge < -0.3 is 14.8 Å². The van der Waals surface area contributed by atoms with E-state index < -0.39 is 0 Å². The van der Waals surface area contributed by atoms with Gasteiger partial charge in [-0.05, 0) is 26.0 Å². The lowest BCUT2D eigenvalue weighted by molar-refractivity contribution is 0.174. The van der Waals surface area contributed by atoms with E-state index in [4.69, 9.17) is 9.47 Å². The Bertz CT molecular complexity index is 822. The molecule has 0 spiro atoms. The summed E-state index contributed by atoms with van der Waals surface area (Å²) in [5.74, 6) is 1.60. The number of rotatable bonds is 3. The maximum atomic E-state index is 5.40. The zero-order valence-corrected chi connectivity index (χ0v) is 12.7. The molecule has 21 heavy (non-hydrogen) atoms. The first-order chi connectivity index (χ1) is 10.2. The second-order valence-electron chi connectivity index (χ2n) is 5.06. The summed E-state index contributed by atoms with van der Waals surface area (Å²) in [5.41, 5.74) is 3.27. The van der Waals surface area contributed by atoms with Crippen LogP contribution in [0.15, 0.2) is 24.4 Å². The van der Waals surface area contributed by atoms with Crippen LogP contribution in [0.25, 0.3) is 4.96 Å². The Morgan fingerprint density at radius 3 is 3.05 bits per heavy atom. The van der Waals surface area contributed by atoms with Gasteiger partial charge in [-0.1, -0.05) is 0 Å². The van der Waals surface area contributed by atoms with Crippen molar-refractivity contribution in [1.29, 1.82) is 0 Å². The molecule has 0 amide bonds. The standard InChI is InChI=1S/C15H15N3O2S/c1-9-7-18-12(10(2)17-15(18)21-9)6-16-11-3-4-13-14(5-11)20-8-19-13/h3-5,7,16H,6,8H2,1-2H3. The molecule has 0 saturated carbocycles. The van der Waals surface area contributed by atoms with Crippen molar-refractivity contribution in [3.63, 3.8) is 0 Å². The zero-order valence-electron chi connectivity index (χ0n) is 11.8. The number of imidazole rings is 1. The molecule has 5 nitrogen and oxygen atoms in total. The number of nitrogens with one attached hydrogen (secondary N) is 1. The normalized spacial score (nSPS) is 13.0. The number of anilines is 1. The summed E-state index contributed by atoms with van der Waals surface area (Å²) in [6.45, 7) is 5.17. The first kappa shape index (κ1) is 12.5. The minimum Gasteiger partial charge on any atom is -0.454 e. The molecular formula is C15H15N3O2S. The third kappa shape index (κ3) is 2.12. The van der Waals surface area contributed by atoms with E-state index in [1.165, 1.54) is 10.6 Å². The second-order valence-corrected chi connectivity index (χ2v) is 6.27. The summed E-state index contributed by atoms with van der Waals surface area (Å²) in [7, 11) is 0. The van der Waals surface area contributed by atoms with Gasteiger partial charge in [-0.25, -0.2) is 4.98 Å². The highest BCUT2D eigenvalue weighted by atomic mass is 32.1. The van der Waals surface area contributed by atoms with Crippen molar-refractivity contribution < 1.29 is 9.47 Å². The third-order valence-electron chi connectivity index (χ3n) is 3.57. The summed E-state index contributed by atoms with van der Waals surface area (Å²) < 4.78 is 12.9. The number of hydrogen-bond acceptors (Lipinski definition) is 5. The topological polar surface area (TPSA) is 47.8 Å². The van der Waals surface area contributed by atoms with Crippen molar-refractivity contribution in [1.82, 2.24) is 9.38 Å². The van der Waals surface area contributed by atoms with E-state index in [0.29, 0.717) is 6.79 Å². The van der Waals surface area contributed by atoms with Crippen LogP contribution in [-0.4, -0.2) is 16.2 Å². The lowest BCUT2D eigenvalue weighted by Gasteiger charge is -2.07. The summed E-state index contributed by atoms with van der Waals surface area (Å²) in [6.07, 6.45) is 2.14. The molecule has 0 aliphatic carbocycles. The second kappa shape index (κ2) is 4.66. The van der Waals surface area contributed by atoms with Gasteiger partial charge in [0.25, 0.3) is 0 Å². The van der Waals surface area contributed by atoms with Gasteiger partial charge in [0, 0.05) is 22.8 Å². The molecule has 3 aromatic rings. The van der Waals surface area contributed by atoms with Gasteiger partial charge in [-0.2, -0.15) is 0 Å². The van der Waals surface area contributed by atoms with E-state index in [1.807, 2.05) is 25.1 Å². The molecule has 1 aliphatic rings. The van der Waals surface area contributed by atoms with Gasteiger partial charge in [0.1, 0.15) is 0 Å². The SMILES string of the molecule is Cc1cn2c(CNc3ccc4c(c3)OCO4)c(C)nc2s1. The fraction of sp³-hybridized carbons (Fsp3) is 0.267. The Morgan fingerprint density at radius 2 is 2.14 bits per heavy atom. The summed E-state index contributed by atoms with van der Waals surface area (Å²) >= 11 is 1.71. The number of nitrogens with zero attached hydrogens (tertiary/aromatic N) is 2. The van der Waals surface area contributed by atoms with E-state index in [1.54, 1.807) is 11.3 Å². The molecule has 108 valence electrons. The zero-order chi connectivity index (χ0) is 14.4. The number of benzene rings is 1. The van der Waals surface area contributed by atoms with Crippen LogP contribution in [0.1, 0.15) is 16.3 Å². The summed E-state index contributed by atoms with van der Waals surface area (Å²) in [4.78, 5) is 6.92. The van der Waals surface area contributed by atoms with E-state index in [9.17, 15) is 0 Å². The lowest BCUT2D eigenvalue weighted by Crippen LogP contribution is -2.03. The molecule has 0 saturated heterocycles. The Hall–Kier alpha value is -2.21. The number of hydrogen-bond donors (Lipinski definition) is 1. The molecule has 1 aromatic carbocycles. The largest absolute Gasteiger partial charge is 0.454 e. The third-order valence-corrected chi connectivity index (χ3v) is 4.47. The Labute approximate surface area is 126 Å². The molecular weight excluding hydrogens is 286 g/mol. The average molecular weight is 301 g/mol. The molecule has 1 N–H and O–H groups in total. The van der Waals surface area contributed by atoms with E-state index in [2.05, 4.69) is 27.8 Å². The molecule has 0 fully saturated rings. The molecule has 0 bridgehead atoms. The highest BCUT2D eigenvalue weighted by molar-refractivity contribution is 7.17. The van der Waals surface area contributed by atoms with Crippen molar-refractivity contribution in [2.24, 2.45) is 0 Å². The van der Waals surface area contributed by atoms with Crippen molar-refractivity contribution in [2.45, 2.75) is 20.4 Å². The Kier molecular flexibility index (Phi) is 2.78. The van der Waals surface area contributed by atoms with Gasteiger partial charge in [0.15, 0.2) is 16.5 Å². The number of thiazole rings is 1. The van der Waals surface area contributed by atoms with Gasteiger partial charge in [-0.3, -0.25) is 4.40 Å². The fourth-order valence-corrected chi connectivity index (χ4v) is 3.40. The first-order valence-corrected chi connectivity index (χ1v) is 7.60. The summed E-state index contributed by atoms with van der Waals surface area (Å²) in [6, 6.07) is 5.90. The number of aromatic nitrogens is 2. The van der Waals surface area contributed by atoms with Crippen LogP contribution >= 0.6 is 11.3 Å². The molecule has 6 heteroatoms. The molecule has 0 atom stereocenters. The van der Waals surface area contributed by atoms with E-state index in [-0.39, 0.29) is 0 Å². The van der Waals surface area contributed by atoms with Gasteiger partial charge >= 0.3 is 0 Å². The van der Waals surface area contributed by atoms with Gasteiger partial charge in [-0.15, -0.1) is 11.3 Å². The predicted octanol–water partition coefficient (Wildman–Crippen LogP) is 3.35. The Balaban J connectivity index is 1.59. The predicted molar refractivity (Wildman–Crippen MR) is 82.4 cm³/mol. The average Bonchev–Trinajstić information content (AvgIpc) is 3.11. The van der Waals surface area contributed by atoms with Crippen LogP contribution in [0, 0.1) is 13.8 Å². The highest BCUT2D eigenvalue weighted by Gasteiger charge is 2.14. The van der Waals surface area contributed by atoms with Crippen LogP contribution < -0.4 is 14.8 Å². The molecule has 2 aromatic heterocycles. The van der Waals surface area contributed by atoms with Crippen molar-refractivity contribution in [2.75, 3.05) is 12.1 Å². The number of fused-ring (bicyclic) bond motifs is 2. The number of ether oxygens (including phenoxy) is 2. The quantitative estimate of drug-likeness (QED) is 0.806. The van der Waals surface area contributed by atoms with Crippen LogP contribution in [0.5, 0.6) is 11.5 Å². The maximum absolute atomic E-state index is 5.40. The maximum Gasteiger partial charge on any atom is 0.231 e. The minimum atomic E-state index is 0.301. The van der Waals surface area contributed by atoms with Crippen LogP contribution in [0.2, 0.25) is 0 Å². The smallest absolute Gasteiger partial charge is 0.231 e. The van der Waals surface area contributed by atoms with Crippen LogP contribution in [-0.2, 0) is 6.54 Å². The van der Waals surface area contributed by atoms with Gasteiger partial charge in [0.2, 0.25) is 6.79 Å². The monoisotopic (exact) mass is 301 g/mol. The molecule has 1 aliphatic heterocycles. The minimum absolute atomic E-state index is 0.301. The highest BCUT2D eigenvalue weighted by Crippen LogP contribution is 2.34. The molecule has 4 rings (SSSR count). The Morgan fingerprint density at radius 1 is 1.29 bits per heavy atom. The molecule has 3 heterocycles. The van der Waals surface area contributed by atoms with Crippen molar-refractivity contribution >= 4 is 22.0 Å². The number of aryl methyl sites for hydroxylation is 2. The van der Waals surface area contributed by atoms with E-state index >= 15 is 0 Å². The van der Waals surface area contributed by atoms with Crippen LogP contribution in [0.4, 0.5) is 5.69 Å². The lowest BCUT2D eigenvalue weighted by atomic mass is 10.2. The summed E-state index contributed by atoms with van der Waals surface area (Å²) in [5, 5.41) is 3.43. The fourth-order valence-electron chi connectivity index (χ4n) is 2.51. The van der Waals surface area contributed by atoms with Crippen molar-refractivity contribution in [3.8, 4) is 11.5 Å².